The summed E-state index contributed by atoms with van der Waals surface area (Å²) in [6, 6.07) is -1.65. The highest BCUT2D eigenvalue weighted by Gasteiger charge is 2.46. The lowest BCUT2D eigenvalue weighted by Crippen LogP contribution is -2.49. The molecule has 1 aliphatic carbocycles. The highest BCUT2D eigenvalue weighted by Crippen LogP contribution is 2.35. The molecule has 1 aliphatic heterocycles. The highest BCUT2D eigenvalue weighted by atomic mass is 35.5. The SMILES string of the molecule is Cl.O=C(CCC1CCNCC1)NC(C1CCCC1)C(F)(F)F. The number of hydrogen-bond acceptors (Lipinski definition) is 2. The van der Waals surface area contributed by atoms with E-state index in [4.69, 9.17) is 0 Å². The Kier molecular flexibility index (Phi) is 7.97. The van der Waals surface area contributed by atoms with E-state index < -0.39 is 24.0 Å². The second-order valence-electron chi connectivity index (χ2n) is 6.36. The maximum absolute atomic E-state index is 13.1. The molecule has 130 valence electrons. The monoisotopic (exact) mass is 342 g/mol. The Morgan fingerprint density at radius 2 is 1.73 bits per heavy atom. The lowest BCUT2D eigenvalue weighted by Gasteiger charge is -2.27. The molecule has 1 heterocycles. The van der Waals surface area contributed by atoms with Gasteiger partial charge in [0.1, 0.15) is 6.04 Å². The van der Waals surface area contributed by atoms with Gasteiger partial charge in [0.15, 0.2) is 0 Å². The van der Waals surface area contributed by atoms with Crippen LogP contribution in [0, 0.1) is 11.8 Å². The Morgan fingerprint density at radius 3 is 2.27 bits per heavy atom. The minimum atomic E-state index is -4.33. The number of carbonyl (C=O) groups is 1. The molecule has 0 aromatic rings. The molecule has 3 nitrogen and oxygen atoms in total. The number of halogens is 4. The number of alkyl halides is 3. The van der Waals surface area contributed by atoms with Crippen LogP contribution in [0.3, 0.4) is 0 Å². The Hall–Kier alpha value is -0.490. The third-order valence-corrected chi connectivity index (χ3v) is 4.78. The molecule has 22 heavy (non-hydrogen) atoms. The van der Waals surface area contributed by atoms with Crippen molar-refractivity contribution < 1.29 is 18.0 Å². The molecule has 2 fully saturated rings. The summed E-state index contributed by atoms with van der Waals surface area (Å²) < 4.78 is 39.3. The molecular formula is C15H26ClF3N2O. The molecule has 0 aromatic carbocycles. The van der Waals surface area contributed by atoms with Gasteiger partial charge < -0.3 is 10.6 Å². The van der Waals surface area contributed by atoms with Gasteiger partial charge in [-0.05, 0) is 57.0 Å². The first-order valence-electron chi connectivity index (χ1n) is 8.03. The average molecular weight is 343 g/mol. The van der Waals surface area contributed by atoms with Gasteiger partial charge >= 0.3 is 6.18 Å². The summed E-state index contributed by atoms with van der Waals surface area (Å²) in [5.74, 6) is -0.414. The summed E-state index contributed by atoms with van der Waals surface area (Å²) in [7, 11) is 0. The molecule has 1 amide bonds. The van der Waals surface area contributed by atoms with Gasteiger partial charge in [0.05, 0.1) is 0 Å². The van der Waals surface area contributed by atoms with E-state index in [1.165, 1.54) is 0 Å². The Balaban J connectivity index is 0.00000242. The normalized spacial score (nSPS) is 22.1. The Morgan fingerprint density at radius 1 is 1.14 bits per heavy atom. The predicted octanol–water partition coefficient (Wildman–Crippen LogP) is 3.43. The number of amides is 1. The second kappa shape index (κ2) is 8.96. The minimum Gasteiger partial charge on any atom is -0.344 e. The van der Waals surface area contributed by atoms with Crippen molar-refractivity contribution >= 4 is 18.3 Å². The number of hydrogen-bond donors (Lipinski definition) is 2. The van der Waals surface area contributed by atoms with Crippen molar-refractivity contribution in [1.29, 1.82) is 0 Å². The van der Waals surface area contributed by atoms with Crippen molar-refractivity contribution in [2.45, 2.75) is 63.6 Å². The summed E-state index contributed by atoms with van der Waals surface area (Å²) in [6.07, 6.45) is 1.41. The molecule has 0 bridgehead atoms. The zero-order chi connectivity index (χ0) is 15.3. The third-order valence-electron chi connectivity index (χ3n) is 4.78. The smallest absolute Gasteiger partial charge is 0.344 e. The fourth-order valence-corrected chi connectivity index (χ4v) is 3.51. The van der Waals surface area contributed by atoms with Gasteiger partial charge in [0.2, 0.25) is 5.91 Å². The predicted molar refractivity (Wildman–Crippen MR) is 82.0 cm³/mol. The molecule has 2 aliphatic rings. The van der Waals surface area contributed by atoms with Crippen molar-refractivity contribution in [3.63, 3.8) is 0 Å². The first kappa shape index (κ1) is 19.6. The van der Waals surface area contributed by atoms with E-state index in [9.17, 15) is 18.0 Å². The van der Waals surface area contributed by atoms with Crippen molar-refractivity contribution in [2.24, 2.45) is 11.8 Å². The van der Waals surface area contributed by atoms with Gasteiger partial charge in [0.25, 0.3) is 0 Å². The van der Waals surface area contributed by atoms with Gasteiger partial charge in [-0.2, -0.15) is 13.2 Å². The van der Waals surface area contributed by atoms with E-state index in [0.717, 1.165) is 38.8 Å². The van der Waals surface area contributed by atoms with Gasteiger partial charge in [-0.25, -0.2) is 0 Å². The van der Waals surface area contributed by atoms with Crippen LogP contribution < -0.4 is 10.6 Å². The van der Waals surface area contributed by atoms with E-state index in [0.29, 0.717) is 25.2 Å². The topological polar surface area (TPSA) is 41.1 Å². The van der Waals surface area contributed by atoms with Gasteiger partial charge in [0, 0.05) is 6.42 Å². The second-order valence-corrected chi connectivity index (χ2v) is 6.36. The molecule has 0 aromatic heterocycles. The van der Waals surface area contributed by atoms with Crippen LogP contribution in [-0.4, -0.2) is 31.2 Å². The highest BCUT2D eigenvalue weighted by molar-refractivity contribution is 5.85. The zero-order valence-electron chi connectivity index (χ0n) is 12.8. The molecule has 7 heteroatoms. The fraction of sp³-hybridized carbons (Fsp3) is 0.933. The van der Waals surface area contributed by atoms with E-state index in [-0.39, 0.29) is 18.8 Å². The van der Waals surface area contributed by atoms with Crippen LogP contribution in [0.2, 0.25) is 0 Å². The maximum atomic E-state index is 13.1. The van der Waals surface area contributed by atoms with Crippen LogP contribution in [0.25, 0.3) is 0 Å². The van der Waals surface area contributed by atoms with E-state index in [1.807, 2.05) is 0 Å². The lowest BCUT2D eigenvalue weighted by atomic mass is 9.92. The molecule has 1 saturated heterocycles. The summed E-state index contributed by atoms with van der Waals surface area (Å²) >= 11 is 0. The largest absolute Gasteiger partial charge is 0.408 e. The summed E-state index contributed by atoms with van der Waals surface area (Å²) in [5, 5.41) is 5.50. The fourth-order valence-electron chi connectivity index (χ4n) is 3.51. The molecule has 2 rings (SSSR count). The summed E-state index contributed by atoms with van der Waals surface area (Å²) in [5.41, 5.74) is 0. The molecule has 0 radical (unpaired) electrons. The lowest BCUT2D eigenvalue weighted by molar-refractivity contribution is -0.172. The maximum Gasteiger partial charge on any atom is 0.408 e. The molecule has 0 spiro atoms. The van der Waals surface area contributed by atoms with Gasteiger partial charge in [-0.3, -0.25) is 4.79 Å². The summed E-state index contributed by atoms with van der Waals surface area (Å²) in [6.45, 7) is 1.89. The van der Waals surface area contributed by atoms with Crippen LogP contribution in [0.15, 0.2) is 0 Å². The van der Waals surface area contributed by atoms with Crippen LogP contribution in [0.4, 0.5) is 13.2 Å². The van der Waals surface area contributed by atoms with Gasteiger partial charge in [-0.1, -0.05) is 12.8 Å². The number of nitrogens with one attached hydrogen (secondary N) is 2. The minimum absolute atomic E-state index is 0. The van der Waals surface area contributed by atoms with Crippen molar-refractivity contribution in [3.8, 4) is 0 Å². The van der Waals surface area contributed by atoms with Crippen LogP contribution in [0.5, 0.6) is 0 Å². The van der Waals surface area contributed by atoms with E-state index >= 15 is 0 Å². The number of piperidine rings is 1. The molecule has 1 saturated carbocycles. The standard InChI is InChI=1S/C15H25F3N2O.ClH/c16-15(17,18)14(12-3-1-2-4-12)20-13(21)6-5-11-7-9-19-10-8-11;/h11-12,14,19H,1-10H2,(H,20,21);1H. The van der Waals surface area contributed by atoms with Crippen molar-refractivity contribution in [1.82, 2.24) is 10.6 Å². The van der Waals surface area contributed by atoms with Crippen LogP contribution >= 0.6 is 12.4 Å². The van der Waals surface area contributed by atoms with Gasteiger partial charge in [-0.15, -0.1) is 12.4 Å². The quantitative estimate of drug-likeness (QED) is 0.803. The third kappa shape index (κ3) is 5.95. The van der Waals surface area contributed by atoms with E-state index in [1.54, 1.807) is 0 Å². The Bertz CT molecular complexity index is 340. The molecule has 1 unspecified atom stereocenters. The first-order valence-corrected chi connectivity index (χ1v) is 8.03. The summed E-state index contributed by atoms with van der Waals surface area (Å²) in [4.78, 5) is 11.9. The van der Waals surface area contributed by atoms with Crippen LogP contribution in [-0.2, 0) is 4.79 Å². The molecule has 2 N–H and O–H groups in total. The van der Waals surface area contributed by atoms with Crippen molar-refractivity contribution in [3.05, 3.63) is 0 Å². The number of carbonyl (C=O) groups excluding carboxylic acids is 1. The number of rotatable bonds is 5. The van der Waals surface area contributed by atoms with E-state index in [2.05, 4.69) is 10.6 Å². The molecular weight excluding hydrogens is 317 g/mol. The average Bonchev–Trinajstić information content (AvgIpc) is 2.96. The van der Waals surface area contributed by atoms with Crippen LogP contribution in [0.1, 0.15) is 51.4 Å². The zero-order valence-corrected chi connectivity index (χ0v) is 13.6. The Labute approximate surface area is 136 Å². The molecule has 1 atom stereocenters. The first-order chi connectivity index (χ1) is 9.97. The van der Waals surface area contributed by atoms with Crippen molar-refractivity contribution in [2.75, 3.05) is 13.1 Å².